The zero-order valence-corrected chi connectivity index (χ0v) is 15.5. The Labute approximate surface area is 159 Å². The standard InChI is InChI=1S/C20H18N4O2S/c25-20-14-9-8-13(19-22-18(23-26-19)16-6-5-11-27-16)12-15(14)21-17-7-3-1-2-4-10-24(17)20/h5-6,8-9,11-12H,1-4,7,10H2. The number of hydrogen-bond donors (Lipinski definition) is 0. The number of hydrogen-bond acceptors (Lipinski definition) is 6. The van der Waals surface area contributed by atoms with Crippen LogP contribution in [0.25, 0.3) is 33.1 Å². The molecular weight excluding hydrogens is 360 g/mol. The maximum Gasteiger partial charge on any atom is 0.261 e. The van der Waals surface area contributed by atoms with Crippen LogP contribution < -0.4 is 5.56 Å². The van der Waals surface area contributed by atoms with Gasteiger partial charge in [-0.25, -0.2) is 4.98 Å². The van der Waals surface area contributed by atoms with E-state index in [1.165, 1.54) is 12.8 Å². The van der Waals surface area contributed by atoms with Gasteiger partial charge in [0.2, 0.25) is 5.82 Å². The van der Waals surface area contributed by atoms with Crippen molar-refractivity contribution in [3.8, 4) is 22.2 Å². The van der Waals surface area contributed by atoms with Gasteiger partial charge in [0.05, 0.1) is 15.8 Å². The van der Waals surface area contributed by atoms with E-state index in [0.29, 0.717) is 22.6 Å². The van der Waals surface area contributed by atoms with Crippen LogP contribution >= 0.6 is 11.3 Å². The Balaban J connectivity index is 1.59. The van der Waals surface area contributed by atoms with E-state index < -0.39 is 0 Å². The van der Waals surface area contributed by atoms with Crippen LogP contribution in [0.4, 0.5) is 0 Å². The van der Waals surface area contributed by atoms with Gasteiger partial charge in [-0.2, -0.15) is 4.98 Å². The van der Waals surface area contributed by atoms with E-state index in [1.54, 1.807) is 11.3 Å². The third-order valence-corrected chi connectivity index (χ3v) is 5.85. The van der Waals surface area contributed by atoms with Crippen molar-refractivity contribution < 1.29 is 4.52 Å². The summed E-state index contributed by atoms with van der Waals surface area (Å²) in [5, 5.41) is 6.68. The highest BCUT2D eigenvalue weighted by Crippen LogP contribution is 2.26. The van der Waals surface area contributed by atoms with Crippen LogP contribution in [0.5, 0.6) is 0 Å². The van der Waals surface area contributed by atoms with E-state index in [0.717, 1.165) is 42.1 Å². The van der Waals surface area contributed by atoms with Crippen LogP contribution in [0.1, 0.15) is 31.5 Å². The highest BCUT2D eigenvalue weighted by Gasteiger charge is 2.16. The molecule has 5 rings (SSSR count). The van der Waals surface area contributed by atoms with E-state index in [1.807, 2.05) is 40.3 Å². The lowest BCUT2D eigenvalue weighted by Gasteiger charge is -2.16. The average molecular weight is 378 g/mol. The number of aromatic nitrogens is 4. The Morgan fingerprint density at radius 1 is 1.07 bits per heavy atom. The third-order valence-electron chi connectivity index (χ3n) is 4.98. The van der Waals surface area contributed by atoms with Crippen molar-refractivity contribution in [3.63, 3.8) is 0 Å². The lowest BCUT2D eigenvalue weighted by molar-refractivity contribution is 0.432. The smallest absolute Gasteiger partial charge is 0.261 e. The maximum absolute atomic E-state index is 12.9. The third kappa shape index (κ3) is 2.98. The van der Waals surface area contributed by atoms with Crippen molar-refractivity contribution in [1.82, 2.24) is 19.7 Å². The SMILES string of the molecule is O=c1c2ccc(-c3nc(-c4cccs4)no3)cc2nc2n1CCCCCC2. The number of benzene rings is 1. The van der Waals surface area contributed by atoms with Gasteiger partial charge in [-0.15, -0.1) is 11.3 Å². The van der Waals surface area contributed by atoms with Crippen LogP contribution in [0, 0.1) is 0 Å². The van der Waals surface area contributed by atoms with Crippen molar-refractivity contribution in [3.05, 3.63) is 51.9 Å². The first-order valence-electron chi connectivity index (χ1n) is 9.21. The van der Waals surface area contributed by atoms with E-state index >= 15 is 0 Å². The van der Waals surface area contributed by atoms with E-state index in [2.05, 4.69) is 10.1 Å². The second kappa shape index (κ2) is 6.74. The molecule has 1 aromatic carbocycles. The van der Waals surface area contributed by atoms with Gasteiger partial charge in [-0.3, -0.25) is 9.36 Å². The first-order valence-corrected chi connectivity index (χ1v) is 10.1. The largest absolute Gasteiger partial charge is 0.334 e. The predicted molar refractivity (Wildman–Crippen MR) is 105 cm³/mol. The maximum atomic E-state index is 12.9. The van der Waals surface area contributed by atoms with Crippen LogP contribution in [0.15, 0.2) is 45.0 Å². The van der Waals surface area contributed by atoms with Gasteiger partial charge in [0.15, 0.2) is 0 Å². The fraction of sp³-hybridized carbons (Fsp3) is 0.300. The molecule has 0 bridgehead atoms. The summed E-state index contributed by atoms with van der Waals surface area (Å²) >= 11 is 1.57. The fourth-order valence-electron chi connectivity index (χ4n) is 3.57. The van der Waals surface area contributed by atoms with Crippen molar-refractivity contribution in [1.29, 1.82) is 0 Å². The Bertz CT molecular complexity index is 1160. The minimum absolute atomic E-state index is 0.0493. The summed E-state index contributed by atoms with van der Waals surface area (Å²) in [7, 11) is 0. The molecule has 1 aliphatic heterocycles. The van der Waals surface area contributed by atoms with Crippen molar-refractivity contribution in [2.24, 2.45) is 0 Å². The molecule has 0 radical (unpaired) electrons. The summed E-state index contributed by atoms with van der Waals surface area (Å²) in [6.07, 6.45) is 5.32. The molecule has 6 nitrogen and oxygen atoms in total. The molecule has 0 N–H and O–H groups in total. The molecule has 136 valence electrons. The molecule has 4 heterocycles. The van der Waals surface area contributed by atoms with Crippen molar-refractivity contribution >= 4 is 22.2 Å². The van der Waals surface area contributed by atoms with Crippen LogP contribution in [0.2, 0.25) is 0 Å². The number of fused-ring (bicyclic) bond motifs is 2. The van der Waals surface area contributed by atoms with E-state index in [-0.39, 0.29) is 5.56 Å². The number of rotatable bonds is 2. The Morgan fingerprint density at radius 3 is 2.89 bits per heavy atom. The molecule has 0 aliphatic carbocycles. The lowest BCUT2D eigenvalue weighted by atomic mass is 10.1. The molecule has 3 aromatic heterocycles. The second-order valence-electron chi connectivity index (χ2n) is 6.78. The molecule has 1 aliphatic rings. The number of thiophene rings is 1. The molecule has 0 amide bonds. The lowest BCUT2D eigenvalue weighted by Crippen LogP contribution is -2.26. The topological polar surface area (TPSA) is 73.8 Å². The van der Waals surface area contributed by atoms with Crippen LogP contribution in [-0.4, -0.2) is 19.7 Å². The molecule has 4 aromatic rings. The number of aryl methyl sites for hydroxylation is 1. The summed E-state index contributed by atoms with van der Waals surface area (Å²) < 4.78 is 7.29. The van der Waals surface area contributed by atoms with Gasteiger partial charge < -0.3 is 4.52 Å². The number of nitrogens with zero attached hydrogens (tertiary/aromatic N) is 4. The van der Waals surface area contributed by atoms with Gasteiger partial charge >= 0.3 is 0 Å². The Kier molecular flexibility index (Phi) is 4.09. The van der Waals surface area contributed by atoms with Crippen LogP contribution in [-0.2, 0) is 13.0 Å². The van der Waals surface area contributed by atoms with Gasteiger partial charge in [-0.05, 0) is 42.5 Å². The normalized spacial score (nSPS) is 14.7. The molecule has 0 atom stereocenters. The molecule has 0 saturated heterocycles. The van der Waals surface area contributed by atoms with Gasteiger partial charge in [0.1, 0.15) is 5.82 Å². The highest BCUT2D eigenvalue weighted by molar-refractivity contribution is 7.13. The first-order chi connectivity index (χ1) is 13.3. The summed E-state index contributed by atoms with van der Waals surface area (Å²) in [4.78, 5) is 23.2. The van der Waals surface area contributed by atoms with Crippen molar-refractivity contribution in [2.45, 2.75) is 38.6 Å². The van der Waals surface area contributed by atoms with Crippen molar-refractivity contribution in [2.75, 3.05) is 0 Å². The zero-order chi connectivity index (χ0) is 18.2. The van der Waals surface area contributed by atoms with Gasteiger partial charge in [0, 0.05) is 18.5 Å². The molecule has 27 heavy (non-hydrogen) atoms. The quantitative estimate of drug-likeness (QED) is 0.520. The average Bonchev–Trinajstić information content (AvgIpc) is 3.34. The summed E-state index contributed by atoms with van der Waals surface area (Å²) in [6.45, 7) is 0.757. The molecule has 0 unspecified atom stereocenters. The first kappa shape index (κ1) is 16.4. The van der Waals surface area contributed by atoms with Crippen LogP contribution in [0.3, 0.4) is 0 Å². The van der Waals surface area contributed by atoms with Gasteiger partial charge in [-0.1, -0.05) is 24.1 Å². The molecule has 0 fully saturated rings. The summed E-state index contributed by atoms with van der Waals surface area (Å²) in [6, 6.07) is 9.47. The van der Waals surface area contributed by atoms with E-state index in [9.17, 15) is 4.79 Å². The second-order valence-corrected chi connectivity index (χ2v) is 7.73. The minimum atomic E-state index is 0.0493. The molecule has 7 heteroatoms. The molecule has 0 saturated carbocycles. The summed E-state index contributed by atoms with van der Waals surface area (Å²) in [5.41, 5.74) is 1.52. The monoisotopic (exact) mass is 378 g/mol. The van der Waals surface area contributed by atoms with E-state index in [4.69, 9.17) is 9.51 Å². The minimum Gasteiger partial charge on any atom is -0.334 e. The Morgan fingerprint density at radius 2 is 2.00 bits per heavy atom. The predicted octanol–water partition coefficient (Wildman–Crippen LogP) is 4.29. The fourth-order valence-corrected chi connectivity index (χ4v) is 4.22. The molecule has 0 spiro atoms. The van der Waals surface area contributed by atoms with Gasteiger partial charge in [0.25, 0.3) is 11.4 Å². The summed E-state index contributed by atoms with van der Waals surface area (Å²) in [5.74, 6) is 1.90. The highest BCUT2D eigenvalue weighted by atomic mass is 32.1. The Hall–Kier alpha value is -2.80. The molecular formula is C20H18N4O2S. The zero-order valence-electron chi connectivity index (χ0n) is 14.7.